The second-order valence-electron chi connectivity index (χ2n) is 11.1. The van der Waals surface area contributed by atoms with Crippen LogP contribution in [-0.4, -0.2) is 87.7 Å². The second-order valence-corrected chi connectivity index (χ2v) is 11.1. The van der Waals surface area contributed by atoms with Crippen LogP contribution >= 0.6 is 0 Å². The van der Waals surface area contributed by atoms with Crippen molar-refractivity contribution < 1.29 is 24.1 Å². The van der Waals surface area contributed by atoms with Crippen molar-refractivity contribution in [2.45, 2.75) is 37.3 Å². The van der Waals surface area contributed by atoms with Gasteiger partial charge >= 0.3 is 6.01 Å². The molecule has 10 heteroatoms. The van der Waals surface area contributed by atoms with Gasteiger partial charge in [0.25, 0.3) is 0 Å². The van der Waals surface area contributed by atoms with E-state index in [0.717, 1.165) is 49.5 Å². The van der Waals surface area contributed by atoms with Gasteiger partial charge in [-0.3, -0.25) is 9.88 Å². The molecule has 0 radical (unpaired) electrons. The number of anilines is 1. The van der Waals surface area contributed by atoms with Crippen molar-refractivity contribution in [3.63, 3.8) is 0 Å². The number of phenolic OH excluding ortho intramolecular Hbond substituents is 1. The van der Waals surface area contributed by atoms with E-state index in [-0.39, 0.29) is 41.2 Å². The van der Waals surface area contributed by atoms with Crippen molar-refractivity contribution in [2.24, 2.45) is 0 Å². The minimum Gasteiger partial charge on any atom is -0.508 e. The fourth-order valence-corrected chi connectivity index (χ4v) is 6.69. The van der Waals surface area contributed by atoms with E-state index in [2.05, 4.69) is 14.9 Å². The van der Waals surface area contributed by atoms with Gasteiger partial charge in [-0.1, -0.05) is 24.3 Å². The fourth-order valence-electron chi connectivity index (χ4n) is 6.69. The molecular formula is C30H32FN5O4. The standard InChI is InChI=1S/C30H32FN5O4/c31-25-26(23-14-20(38)13-19-5-1-2-6-22(19)23)32-15-24-27(25)33-29(34-28(24)35-11-12-39-21(16-35)17-37)40-18-30-7-3-9-36(30)10-4-8-30/h1-2,5-6,13-15,21,37-38H,3-4,7-12,16-18H2. The minimum atomic E-state index is -0.602. The van der Waals surface area contributed by atoms with Crippen LogP contribution in [0.5, 0.6) is 11.8 Å². The van der Waals surface area contributed by atoms with Gasteiger partial charge in [0.2, 0.25) is 0 Å². The summed E-state index contributed by atoms with van der Waals surface area (Å²) in [6, 6.07) is 10.8. The number of aliphatic hydroxyl groups is 1. The SMILES string of the molecule is OCC1CN(c2nc(OCC34CCCN3CCC4)nc3c(F)c(-c4cc(O)cc5ccccc45)ncc23)CCO1. The van der Waals surface area contributed by atoms with Crippen LogP contribution in [0.2, 0.25) is 0 Å². The molecular weight excluding hydrogens is 513 g/mol. The molecule has 3 fully saturated rings. The molecule has 0 amide bonds. The number of hydrogen-bond donors (Lipinski definition) is 2. The topological polar surface area (TPSA) is 104 Å². The molecule has 3 saturated heterocycles. The maximum atomic E-state index is 16.5. The van der Waals surface area contributed by atoms with Gasteiger partial charge in [-0.05, 0) is 61.7 Å². The van der Waals surface area contributed by atoms with E-state index in [4.69, 9.17) is 14.5 Å². The van der Waals surface area contributed by atoms with Crippen LogP contribution in [0.4, 0.5) is 10.2 Å². The molecule has 0 bridgehead atoms. The maximum absolute atomic E-state index is 16.5. The molecule has 4 aromatic rings. The molecule has 208 valence electrons. The van der Waals surface area contributed by atoms with Crippen molar-refractivity contribution in [1.82, 2.24) is 19.9 Å². The number of hydrogen-bond acceptors (Lipinski definition) is 9. The predicted molar refractivity (Wildman–Crippen MR) is 149 cm³/mol. The van der Waals surface area contributed by atoms with Gasteiger partial charge < -0.3 is 24.6 Å². The number of ether oxygens (including phenoxy) is 2. The number of morpholine rings is 1. The van der Waals surface area contributed by atoms with E-state index in [9.17, 15) is 10.2 Å². The molecule has 5 heterocycles. The van der Waals surface area contributed by atoms with Crippen LogP contribution in [0.15, 0.2) is 42.6 Å². The third-order valence-electron chi connectivity index (χ3n) is 8.67. The van der Waals surface area contributed by atoms with E-state index in [1.54, 1.807) is 12.3 Å². The molecule has 40 heavy (non-hydrogen) atoms. The van der Waals surface area contributed by atoms with Crippen molar-refractivity contribution in [3.05, 3.63) is 48.4 Å². The summed E-state index contributed by atoms with van der Waals surface area (Å²) in [4.78, 5) is 18.4. The lowest BCUT2D eigenvalue weighted by atomic mass is 9.95. The Morgan fingerprint density at radius 3 is 2.73 bits per heavy atom. The van der Waals surface area contributed by atoms with E-state index < -0.39 is 5.82 Å². The highest BCUT2D eigenvalue weighted by molar-refractivity contribution is 5.99. The highest BCUT2D eigenvalue weighted by Crippen LogP contribution is 2.40. The van der Waals surface area contributed by atoms with Crippen LogP contribution in [0.25, 0.3) is 32.9 Å². The van der Waals surface area contributed by atoms with E-state index >= 15 is 4.39 Å². The average Bonchev–Trinajstić information content (AvgIpc) is 3.56. The number of aromatic hydroxyl groups is 1. The van der Waals surface area contributed by atoms with Gasteiger partial charge in [0.15, 0.2) is 5.82 Å². The fraction of sp³-hybridized carbons (Fsp3) is 0.433. The zero-order valence-electron chi connectivity index (χ0n) is 22.2. The highest BCUT2D eigenvalue weighted by atomic mass is 19.1. The van der Waals surface area contributed by atoms with Gasteiger partial charge in [-0.15, -0.1) is 0 Å². The van der Waals surface area contributed by atoms with Crippen LogP contribution in [0, 0.1) is 5.82 Å². The summed E-state index contributed by atoms with van der Waals surface area (Å²) in [5, 5.41) is 22.1. The second kappa shape index (κ2) is 10.1. The van der Waals surface area contributed by atoms with E-state index in [0.29, 0.717) is 43.1 Å². The Hall–Kier alpha value is -3.60. The van der Waals surface area contributed by atoms with Gasteiger partial charge in [-0.2, -0.15) is 9.97 Å². The van der Waals surface area contributed by atoms with Gasteiger partial charge in [0, 0.05) is 24.8 Å². The van der Waals surface area contributed by atoms with Crippen molar-refractivity contribution in [3.8, 4) is 23.0 Å². The Bertz CT molecular complexity index is 1570. The molecule has 7 rings (SSSR count). The largest absolute Gasteiger partial charge is 0.508 e. The number of nitrogens with zero attached hydrogens (tertiary/aromatic N) is 5. The molecule has 1 unspecified atom stereocenters. The number of halogens is 1. The van der Waals surface area contributed by atoms with Crippen LogP contribution in [0.1, 0.15) is 25.7 Å². The first kappa shape index (κ1) is 25.4. The molecule has 3 aliphatic rings. The predicted octanol–water partition coefficient (Wildman–Crippen LogP) is 3.89. The number of phenols is 1. The van der Waals surface area contributed by atoms with Gasteiger partial charge in [0.1, 0.15) is 29.4 Å². The lowest BCUT2D eigenvalue weighted by molar-refractivity contribution is 0.00339. The first-order chi connectivity index (χ1) is 19.5. The maximum Gasteiger partial charge on any atom is 0.319 e. The molecule has 9 nitrogen and oxygen atoms in total. The molecule has 0 saturated carbocycles. The third kappa shape index (κ3) is 4.31. The molecule has 0 aliphatic carbocycles. The minimum absolute atomic E-state index is 0.0120. The van der Waals surface area contributed by atoms with Gasteiger partial charge in [-0.25, -0.2) is 4.39 Å². The van der Waals surface area contributed by atoms with Gasteiger partial charge in [0.05, 0.1) is 30.2 Å². The first-order valence-electron chi connectivity index (χ1n) is 14.0. The molecule has 0 spiro atoms. The Morgan fingerprint density at radius 1 is 1.07 bits per heavy atom. The number of aliphatic hydroxyl groups excluding tert-OH is 1. The normalized spacial score (nSPS) is 20.9. The Kier molecular flexibility index (Phi) is 6.41. The summed E-state index contributed by atoms with van der Waals surface area (Å²) < 4.78 is 28.4. The van der Waals surface area contributed by atoms with Crippen LogP contribution in [-0.2, 0) is 4.74 Å². The number of fused-ring (bicyclic) bond motifs is 3. The van der Waals surface area contributed by atoms with Crippen molar-refractivity contribution >= 4 is 27.5 Å². The third-order valence-corrected chi connectivity index (χ3v) is 8.67. The number of rotatable bonds is 6. The molecule has 1 atom stereocenters. The molecule has 2 N–H and O–H groups in total. The summed E-state index contributed by atoms with van der Waals surface area (Å²) in [5.41, 5.74) is 0.677. The number of pyridine rings is 1. The zero-order chi connectivity index (χ0) is 27.3. The lowest BCUT2D eigenvalue weighted by Crippen LogP contribution is -2.45. The summed E-state index contributed by atoms with van der Waals surface area (Å²) in [5.74, 6) is -0.0643. The summed E-state index contributed by atoms with van der Waals surface area (Å²) >= 11 is 0. The Balaban J connectivity index is 1.35. The number of aromatic nitrogens is 3. The number of benzene rings is 2. The quantitative estimate of drug-likeness (QED) is 0.373. The van der Waals surface area contributed by atoms with Crippen LogP contribution in [0.3, 0.4) is 0 Å². The summed E-state index contributed by atoms with van der Waals surface area (Å²) in [7, 11) is 0. The Labute approximate surface area is 231 Å². The Morgan fingerprint density at radius 2 is 1.90 bits per heavy atom. The lowest BCUT2D eigenvalue weighted by Gasteiger charge is -2.34. The monoisotopic (exact) mass is 545 g/mol. The van der Waals surface area contributed by atoms with Crippen molar-refractivity contribution in [2.75, 3.05) is 50.9 Å². The summed E-state index contributed by atoms with van der Waals surface area (Å²) in [6.07, 6.45) is 5.65. The highest BCUT2D eigenvalue weighted by Gasteiger charge is 2.45. The molecule has 3 aliphatic heterocycles. The zero-order valence-corrected chi connectivity index (χ0v) is 22.2. The molecule has 2 aromatic carbocycles. The van der Waals surface area contributed by atoms with Crippen LogP contribution < -0.4 is 9.64 Å². The first-order valence-corrected chi connectivity index (χ1v) is 14.0. The smallest absolute Gasteiger partial charge is 0.319 e. The molecule has 2 aromatic heterocycles. The van der Waals surface area contributed by atoms with Crippen molar-refractivity contribution in [1.29, 1.82) is 0 Å². The van der Waals surface area contributed by atoms with E-state index in [1.807, 2.05) is 29.2 Å². The van der Waals surface area contributed by atoms with E-state index in [1.165, 1.54) is 6.07 Å². The average molecular weight is 546 g/mol. The summed E-state index contributed by atoms with van der Waals surface area (Å²) in [6.45, 7) is 3.82.